The molecule has 1 aromatic carbocycles. The zero-order valence-electron chi connectivity index (χ0n) is 11.5. The molecule has 0 radical (unpaired) electrons. The second-order valence-corrected chi connectivity index (χ2v) is 5.55. The molecule has 0 spiro atoms. The molecule has 0 atom stereocenters. The molecule has 0 amide bonds. The molecule has 98 valence electrons. The van der Waals surface area contributed by atoms with Crippen molar-refractivity contribution in [2.75, 3.05) is 19.0 Å². The molecule has 0 aliphatic heterocycles. The lowest BCUT2D eigenvalue weighted by Gasteiger charge is -2.12. The summed E-state index contributed by atoms with van der Waals surface area (Å²) in [6, 6.07) is 7.93. The summed E-state index contributed by atoms with van der Waals surface area (Å²) in [5.41, 5.74) is 2.00. The maximum absolute atomic E-state index is 12.1. The molecule has 2 rings (SSSR count). The minimum Gasteiger partial charge on any atom is -0.378 e. The van der Waals surface area contributed by atoms with Crippen molar-refractivity contribution < 1.29 is 4.79 Å². The van der Waals surface area contributed by atoms with Crippen molar-refractivity contribution in [1.82, 2.24) is 0 Å². The zero-order chi connectivity index (χ0) is 13.0. The van der Waals surface area contributed by atoms with E-state index in [1.807, 2.05) is 43.3 Å². The van der Waals surface area contributed by atoms with Crippen molar-refractivity contribution >= 4 is 11.5 Å². The van der Waals surface area contributed by atoms with Gasteiger partial charge in [0, 0.05) is 31.8 Å². The highest BCUT2D eigenvalue weighted by Gasteiger charge is 2.16. The first-order chi connectivity index (χ1) is 8.66. The Morgan fingerprint density at radius 1 is 1.17 bits per heavy atom. The van der Waals surface area contributed by atoms with Crippen LogP contribution >= 0.6 is 0 Å². The second kappa shape index (κ2) is 6.03. The number of rotatable bonds is 5. The van der Waals surface area contributed by atoms with Crippen LogP contribution in [0.25, 0.3) is 0 Å². The number of nitrogens with zero attached hydrogens (tertiary/aromatic N) is 1. The van der Waals surface area contributed by atoms with Gasteiger partial charge in [-0.25, -0.2) is 0 Å². The summed E-state index contributed by atoms with van der Waals surface area (Å²) in [6.45, 7) is 0. The topological polar surface area (TPSA) is 20.3 Å². The molecule has 0 bridgehead atoms. The highest BCUT2D eigenvalue weighted by Crippen LogP contribution is 2.29. The number of hydrogen-bond donors (Lipinski definition) is 0. The highest BCUT2D eigenvalue weighted by atomic mass is 16.1. The van der Waals surface area contributed by atoms with Gasteiger partial charge in [-0.3, -0.25) is 4.79 Å². The molecule has 0 saturated heterocycles. The normalized spacial score (nSPS) is 15.9. The Morgan fingerprint density at radius 2 is 1.78 bits per heavy atom. The first kappa shape index (κ1) is 13.1. The van der Waals surface area contributed by atoms with Gasteiger partial charge in [0.2, 0.25) is 0 Å². The van der Waals surface area contributed by atoms with Crippen molar-refractivity contribution in [2.45, 2.75) is 38.5 Å². The van der Waals surface area contributed by atoms with Crippen LogP contribution < -0.4 is 4.90 Å². The van der Waals surface area contributed by atoms with Gasteiger partial charge in [0.05, 0.1) is 0 Å². The molecule has 1 fully saturated rings. The van der Waals surface area contributed by atoms with E-state index in [2.05, 4.69) is 0 Å². The molecule has 0 unspecified atom stereocenters. The molecular formula is C16H23NO. The average molecular weight is 245 g/mol. The minimum atomic E-state index is 0.298. The van der Waals surface area contributed by atoms with Crippen molar-refractivity contribution in [3.63, 3.8) is 0 Å². The molecule has 1 aliphatic rings. The number of carbonyl (C=O) groups excluding carboxylic acids is 1. The van der Waals surface area contributed by atoms with Gasteiger partial charge < -0.3 is 4.90 Å². The molecule has 1 aliphatic carbocycles. The molecule has 0 heterocycles. The molecule has 0 aromatic heterocycles. The van der Waals surface area contributed by atoms with E-state index in [4.69, 9.17) is 0 Å². The summed E-state index contributed by atoms with van der Waals surface area (Å²) >= 11 is 0. The summed E-state index contributed by atoms with van der Waals surface area (Å²) in [5.74, 6) is 1.10. The van der Waals surface area contributed by atoms with Crippen molar-refractivity contribution in [3.05, 3.63) is 29.8 Å². The third kappa shape index (κ3) is 3.34. The van der Waals surface area contributed by atoms with Gasteiger partial charge in [0.15, 0.2) is 5.78 Å². The summed E-state index contributed by atoms with van der Waals surface area (Å²) in [6.07, 6.45) is 7.16. The highest BCUT2D eigenvalue weighted by molar-refractivity contribution is 5.96. The Balaban J connectivity index is 1.87. The Morgan fingerprint density at radius 3 is 2.33 bits per heavy atom. The third-order valence-corrected chi connectivity index (χ3v) is 3.96. The first-order valence-electron chi connectivity index (χ1n) is 6.97. The van der Waals surface area contributed by atoms with Gasteiger partial charge in [-0.2, -0.15) is 0 Å². The van der Waals surface area contributed by atoms with Gasteiger partial charge in [-0.1, -0.05) is 25.7 Å². The fraction of sp³-hybridized carbons (Fsp3) is 0.562. The van der Waals surface area contributed by atoms with E-state index in [0.29, 0.717) is 12.2 Å². The Labute approximate surface area is 110 Å². The van der Waals surface area contributed by atoms with Crippen LogP contribution in [-0.2, 0) is 0 Å². The fourth-order valence-electron chi connectivity index (χ4n) is 2.72. The number of ketones is 1. The Bertz CT molecular complexity index is 388. The van der Waals surface area contributed by atoms with Crippen LogP contribution in [0, 0.1) is 5.92 Å². The van der Waals surface area contributed by atoms with Crippen LogP contribution in [-0.4, -0.2) is 19.9 Å². The van der Waals surface area contributed by atoms with E-state index in [1.54, 1.807) is 0 Å². The SMILES string of the molecule is CN(C)c1ccc(C(=O)CCC2CCCC2)cc1. The van der Waals surface area contributed by atoms with Crippen molar-refractivity contribution in [3.8, 4) is 0 Å². The summed E-state index contributed by atoms with van der Waals surface area (Å²) < 4.78 is 0. The molecule has 1 saturated carbocycles. The van der Waals surface area contributed by atoms with E-state index in [0.717, 1.165) is 23.6 Å². The molecule has 18 heavy (non-hydrogen) atoms. The standard InChI is InChI=1S/C16H23NO/c1-17(2)15-10-8-14(9-11-15)16(18)12-7-13-5-3-4-6-13/h8-11,13H,3-7,12H2,1-2H3. The minimum absolute atomic E-state index is 0.298. The number of hydrogen-bond acceptors (Lipinski definition) is 2. The smallest absolute Gasteiger partial charge is 0.162 e. The van der Waals surface area contributed by atoms with Crippen LogP contribution in [0.4, 0.5) is 5.69 Å². The third-order valence-electron chi connectivity index (χ3n) is 3.96. The van der Waals surface area contributed by atoms with E-state index >= 15 is 0 Å². The number of Topliss-reactive ketones (excluding diaryl/α,β-unsaturated/α-hetero) is 1. The van der Waals surface area contributed by atoms with E-state index in [-0.39, 0.29) is 0 Å². The van der Waals surface area contributed by atoms with Gasteiger partial charge in [0.1, 0.15) is 0 Å². The van der Waals surface area contributed by atoms with Gasteiger partial charge in [0.25, 0.3) is 0 Å². The Hall–Kier alpha value is -1.31. The van der Waals surface area contributed by atoms with E-state index < -0.39 is 0 Å². The monoisotopic (exact) mass is 245 g/mol. The van der Waals surface area contributed by atoms with Crippen molar-refractivity contribution in [1.29, 1.82) is 0 Å². The summed E-state index contributed by atoms with van der Waals surface area (Å²) in [4.78, 5) is 14.1. The lowest BCUT2D eigenvalue weighted by Crippen LogP contribution is -2.09. The maximum atomic E-state index is 12.1. The Kier molecular flexibility index (Phi) is 4.40. The van der Waals surface area contributed by atoms with Crippen LogP contribution in [0.1, 0.15) is 48.9 Å². The summed E-state index contributed by atoms with van der Waals surface area (Å²) in [7, 11) is 4.02. The predicted molar refractivity (Wildman–Crippen MR) is 76.3 cm³/mol. The first-order valence-corrected chi connectivity index (χ1v) is 6.97. The van der Waals surface area contributed by atoms with E-state index in [9.17, 15) is 4.79 Å². The zero-order valence-corrected chi connectivity index (χ0v) is 11.5. The lowest BCUT2D eigenvalue weighted by atomic mass is 9.97. The molecular weight excluding hydrogens is 222 g/mol. The largest absolute Gasteiger partial charge is 0.378 e. The van der Waals surface area contributed by atoms with Gasteiger partial charge >= 0.3 is 0 Å². The van der Waals surface area contributed by atoms with Crippen LogP contribution in [0.5, 0.6) is 0 Å². The molecule has 0 N–H and O–H groups in total. The quantitative estimate of drug-likeness (QED) is 0.733. The van der Waals surface area contributed by atoms with Crippen LogP contribution in [0.15, 0.2) is 24.3 Å². The molecule has 1 aromatic rings. The van der Waals surface area contributed by atoms with Crippen LogP contribution in [0.2, 0.25) is 0 Å². The molecule has 2 nitrogen and oxygen atoms in total. The fourth-order valence-corrected chi connectivity index (χ4v) is 2.72. The maximum Gasteiger partial charge on any atom is 0.162 e. The number of carbonyl (C=O) groups is 1. The average Bonchev–Trinajstić information content (AvgIpc) is 2.89. The predicted octanol–water partition coefficient (Wildman–Crippen LogP) is 3.91. The molecule has 2 heteroatoms. The van der Waals surface area contributed by atoms with Gasteiger partial charge in [-0.15, -0.1) is 0 Å². The van der Waals surface area contributed by atoms with E-state index in [1.165, 1.54) is 25.7 Å². The van der Waals surface area contributed by atoms with Crippen LogP contribution in [0.3, 0.4) is 0 Å². The van der Waals surface area contributed by atoms with Crippen molar-refractivity contribution in [2.24, 2.45) is 5.92 Å². The lowest BCUT2D eigenvalue weighted by molar-refractivity contribution is 0.0974. The second-order valence-electron chi connectivity index (χ2n) is 5.55. The number of benzene rings is 1. The van der Waals surface area contributed by atoms with Gasteiger partial charge in [-0.05, 0) is 36.6 Å². The summed E-state index contributed by atoms with van der Waals surface area (Å²) in [5, 5.41) is 0. The number of anilines is 1.